The fraction of sp³-hybridized carbons (Fsp3) is 0.600. The number of hydrogen-bond acceptors (Lipinski definition) is 6. The quantitative estimate of drug-likeness (QED) is 0.489. The van der Waals surface area contributed by atoms with Crippen LogP contribution in [-0.4, -0.2) is 47.7 Å². The van der Waals surface area contributed by atoms with Crippen LogP contribution >= 0.6 is 0 Å². The first-order valence-corrected chi connectivity index (χ1v) is 11.8. The number of aromatic nitrogens is 2. The zero-order chi connectivity index (χ0) is 25.4. The smallest absolute Gasteiger partial charge is 0.261 e. The van der Waals surface area contributed by atoms with Gasteiger partial charge in [0, 0.05) is 12.1 Å². The summed E-state index contributed by atoms with van der Waals surface area (Å²) in [6, 6.07) is 2.47. The molecule has 0 saturated heterocycles. The minimum atomic E-state index is -0.700. The Morgan fingerprint density at radius 1 is 1.00 bits per heavy atom. The van der Waals surface area contributed by atoms with E-state index in [0.29, 0.717) is 28.3 Å². The highest BCUT2D eigenvalue weighted by atomic mass is 16.5. The van der Waals surface area contributed by atoms with Gasteiger partial charge in [0.25, 0.3) is 5.56 Å². The molecule has 2 atom stereocenters. The summed E-state index contributed by atoms with van der Waals surface area (Å²) in [6.45, 7) is 9.82. The highest BCUT2D eigenvalue weighted by molar-refractivity contribution is 5.88. The fourth-order valence-electron chi connectivity index (χ4n) is 3.74. The molecule has 1 aromatic carbocycles. The lowest BCUT2D eigenvalue weighted by molar-refractivity contribution is -0.130. The molecule has 1 aromatic heterocycles. The Morgan fingerprint density at radius 3 is 2.24 bits per heavy atom. The summed E-state index contributed by atoms with van der Waals surface area (Å²) in [7, 11) is 2.98. The van der Waals surface area contributed by atoms with Gasteiger partial charge in [-0.15, -0.1) is 0 Å². The molecule has 0 aliphatic carbocycles. The summed E-state index contributed by atoms with van der Waals surface area (Å²) in [5.74, 6) is 0.708. The van der Waals surface area contributed by atoms with E-state index in [-0.39, 0.29) is 30.0 Å². The van der Waals surface area contributed by atoms with Crippen molar-refractivity contribution in [1.29, 1.82) is 0 Å². The minimum Gasteiger partial charge on any atom is -0.493 e. The van der Waals surface area contributed by atoms with Crippen LogP contribution in [0.5, 0.6) is 11.5 Å². The van der Waals surface area contributed by atoms with Crippen molar-refractivity contribution in [2.45, 2.75) is 72.5 Å². The molecular weight excluding hydrogens is 436 g/mol. The minimum absolute atomic E-state index is 0.0173. The van der Waals surface area contributed by atoms with Crippen LogP contribution in [0.4, 0.5) is 0 Å². The van der Waals surface area contributed by atoms with Crippen LogP contribution in [0.15, 0.2) is 23.3 Å². The van der Waals surface area contributed by atoms with Gasteiger partial charge in [0.1, 0.15) is 12.6 Å². The van der Waals surface area contributed by atoms with Crippen LogP contribution in [0, 0.1) is 11.8 Å². The van der Waals surface area contributed by atoms with E-state index in [2.05, 4.69) is 29.5 Å². The number of carbonyl (C=O) groups excluding carboxylic acids is 2. The molecule has 2 amide bonds. The Balaban J connectivity index is 2.10. The van der Waals surface area contributed by atoms with Crippen molar-refractivity contribution in [3.63, 3.8) is 0 Å². The van der Waals surface area contributed by atoms with Crippen LogP contribution in [0.2, 0.25) is 0 Å². The van der Waals surface area contributed by atoms with Crippen molar-refractivity contribution in [1.82, 2.24) is 20.2 Å². The first-order valence-electron chi connectivity index (χ1n) is 11.8. The van der Waals surface area contributed by atoms with Crippen LogP contribution in [0.3, 0.4) is 0 Å². The molecule has 2 aromatic rings. The number of carbonyl (C=O) groups is 2. The summed E-state index contributed by atoms with van der Waals surface area (Å²) < 4.78 is 11.7. The molecule has 0 fully saturated rings. The maximum absolute atomic E-state index is 12.9. The van der Waals surface area contributed by atoms with Gasteiger partial charge in [0.15, 0.2) is 11.5 Å². The maximum Gasteiger partial charge on any atom is 0.261 e. The summed E-state index contributed by atoms with van der Waals surface area (Å²) in [6.07, 6.45) is 4.34. The van der Waals surface area contributed by atoms with Crippen molar-refractivity contribution >= 4 is 22.7 Å². The van der Waals surface area contributed by atoms with Gasteiger partial charge in [0.05, 0.1) is 31.4 Å². The number of ether oxygens (including phenoxy) is 2. The van der Waals surface area contributed by atoms with E-state index in [1.54, 1.807) is 12.1 Å². The van der Waals surface area contributed by atoms with Gasteiger partial charge in [-0.25, -0.2) is 4.98 Å². The van der Waals surface area contributed by atoms with Crippen LogP contribution in [-0.2, 0) is 16.1 Å². The monoisotopic (exact) mass is 474 g/mol. The zero-order valence-corrected chi connectivity index (χ0v) is 21.3. The lowest BCUT2D eigenvalue weighted by Gasteiger charge is -2.24. The number of fused-ring (bicyclic) bond motifs is 1. The molecule has 0 radical (unpaired) electrons. The van der Waals surface area contributed by atoms with Crippen molar-refractivity contribution < 1.29 is 19.1 Å². The number of nitrogens with one attached hydrogen (secondary N) is 2. The number of rotatable bonds is 12. The topological polar surface area (TPSA) is 112 Å². The number of methoxy groups -OCH3 is 2. The molecule has 34 heavy (non-hydrogen) atoms. The molecule has 2 rings (SSSR count). The maximum atomic E-state index is 12.9. The number of hydrogen-bond donors (Lipinski definition) is 2. The second-order valence-electron chi connectivity index (χ2n) is 9.43. The molecule has 188 valence electrons. The van der Waals surface area contributed by atoms with E-state index >= 15 is 0 Å². The molecule has 0 aliphatic rings. The number of nitrogens with zero attached hydrogens (tertiary/aromatic N) is 2. The lowest BCUT2D eigenvalue weighted by atomic mass is 10.0. The van der Waals surface area contributed by atoms with Crippen molar-refractivity contribution in [3.8, 4) is 11.5 Å². The molecule has 0 aliphatic heterocycles. The molecule has 9 heteroatoms. The summed E-state index contributed by atoms with van der Waals surface area (Å²) >= 11 is 0. The lowest BCUT2D eigenvalue weighted by Crippen LogP contribution is -2.52. The molecule has 1 heterocycles. The molecule has 0 spiro atoms. The van der Waals surface area contributed by atoms with Gasteiger partial charge in [-0.05, 0) is 31.2 Å². The van der Waals surface area contributed by atoms with Gasteiger partial charge in [-0.1, -0.05) is 40.5 Å². The third kappa shape index (κ3) is 7.20. The van der Waals surface area contributed by atoms with E-state index in [9.17, 15) is 14.4 Å². The van der Waals surface area contributed by atoms with Gasteiger partial charge >= 0.3 is 0 Å². The largest absolute Gasteiger partial charge is 0.493 e. The highest BCUT2D eigenvalue weighted by Crippen LogP contribution is 2.29. The summed E-state index contributed by atoms with van der Waals surface area (Å²) in [5, 5.41) is 6.09. The van der Waals surface area contributed by atoms with E-state index in [0.717, 1.165) is 19.3 Å². The Morgan fingerprint density at radius 2 is 1.65 bits per heavy atom. The second-order valence-corrected chi connectivity index (χ2v) is 9.43. The van der Waals surface area contributed by atoms with Crippen LogP contribution in [0.25, 0.3) is 10.9 Å². The van der Waals surface area contributed by atoms with E-state index in [1.807, 2.05) is 20.8 Å². The standard InChI is InChI=1S/C25H38N4O5/c1-15(2)9-8-10-17(5)27-24(31)23(16(3)4)28-22(30)13-29-14-26-19-12-21(34-7)20(33-6)11-18(19)25(29)32/h11-12,14-17,23H,8-10,13H2,1-7H3,(H,27,31)(H,28,30). The van der Waals surface area contributed by atoms with Gasteiger partial charge in [0.2, 0.25) is 11.8 Å². The molecule has 9 nitrogen and oxygen atoms in total. The first-order chi connectivity index (χ1) is 16.1. The molecule has 0 saturated carbocycles. The van der Waals surface area contributed by atoms with E-state index in [4.69, 9.17) is 9.47 Å². The normalized spacial score (nSPS) is 13.1. The summed E-state index contributed by atoms with van der Waals surface area (Å²) in [5.41, 5.74) is 0.0515. The predicted molar refractivity (Wildman–Crippen MR) is 132 cm³/mol. The van der Waals surface area contributed by atoms with E-state index < -0.39 is 11.9 Å². The zero-order valence-electron chi connectivity index (χ0n) is 21.3. The first kappa shape index (κ1) is 27.1. The van der Waals surface area contributed by atoms with Gasteiger partial charge in [-0.2, -0.15) is 0 Å². The SMILES string of the molecule is COc1cc2ncn(CC(=O)NC(C(=O)NC(C)CCCC(C)C)C(C)C)c(=O)c2cc1OC. The predicted octanol–water partition coefficient (Wildman–Crippen LogP) is 2.89. The number of amides is 2. The van der Waals surface area contributed by atoms with Gasteiger partial charge in [-0.3, -0.25) is 19.0 Å². The molecular formula is C25H38N4O5. The third-order valence-electron chi connectivity index (χ3n) is 5.72. The summed E-state index contributed by atoms with van der Waals surface area (Å²) in [4.78, 5) is 42.8. The highest BCUT2D eigenvalue weighted by Gasteiger charge is 2.25. The van der Waals surface area contributed by atoms with Crippen LogP contribution in [0.1, 0.15) is 53.9 Å². The Kier molecular flexibility index (Phi) is 9.89. The Bertz CT molecular complexity index is 1050. The van der Waals surface area contributed by atoms with Crippen molar-refractivity contribution in [3.05, 3.63) is 28.8 Å². The van der Waals surface area contributed by atoms with Crippen molar-refractivity contribution in [2.75, 3.05) is 14.2 Å². The second kappa shape index (κ2) is 12.4. The average molecular weight is 475 g/mol. The van der Waals surface area contributed by atoms with Crippen molar-refractivity contribution in [2.24, 2.45) is 11.8 Å². The Hall–Kier alpha value is -3.10. The van der Waals surface area contributed by atoms with E-state index in [1.165, 1.54) is 25.1 Å². The average Bonchev–Trinajstić information content (AvgIpc) is 2.77. The molecule has 0 bridgehead atoms. The fourth-order valence-corrected chi connectivity index (χ4v) is 3.74. The van der Waals surface area contributed by atoms with Crippen LogP contribution < -0.4 is 25.7 Å². The molecule has 2 unspecified atom stereocenters. The number of benzene rings is 1. The third-order valence-corrected chi connectivity index (χ3v) is 5.72. The Labute approximate surface area is 201 Å². The molecule has 2 N–H and O–H groups in total. The van der Waals surface area contributed by atoms with Gasteiger partial charge < -0.3 is 20.1 Å².